The second kappa shape index (κ2) is 6.95. The molecular formula is C16H26N2O2. The molecule has 1 heterocycles. The van der Waals surface area contributed by atoms with Gasteiger partial charge in [0.1, 0.15) is 11.5 Å². The average molecular weight is 278 g/mol. The molecule has 0 saturated carbocycles. The van der Waals surface area contributed by atoms with Crippen molar-refractivity contribution in [2.24, 2.45) is 5.73 Å². The van der Waals surface area contributed by atoms with Crippen LogP contribution in [0.5, 0.6) is 11.5 Å². The number of nitrogens with zero attached hydrogens (tertiary/aromatic N) is 1. The summed E-state index contributed by atoms with van der Waals surface area (Å²) in [6, 6.07) is 6.50. The summed E-state index contributed by atoms with van der Waals surface area (Å²) in [4.78, 5) is 2.49. The normalized spacial score (nSPS) is 23.6. The van der Waals surface area contributed by atoms with Gasteiger partial charge in [0.05, 0.1) is 20.3 Å². The van der Waals surface area contributed by atoms with Crippen molar-refractivity contribution in [1.29, 1.82) is 0 Å². The van der Waals surface area contributed by atoms with Gasteiger partial charge in [0, 0.05) is 12.1 Å². The maximum absolute atomic E-state index is 6.39. The summed E-state index contributed by atoms with van der Waals surface area (Å²) in [6.45, 7) is 4.41. The van der Waals surface area contributed by atoms with E-state index in [-0.39, 0.29) is 12.1 Å². The maximum atomic E-state index is 6.39. The number of hydrogen-bond acceptors (Lipinski definition) is 4. The topological polar surface area (TPSA) is 47.7 Å². The minimum absolute atomic E-state index is 0.173. The number of ether oxygens (including phenoxy) is 2. The standard InChI is InChI=1S/C16H26N2O2/c1-4-7-18-8-5-6-15(17)16(18)12-9-13(19-2)11-14(10-12)20-3/h9-11,15-16H,4-8,17H2,1-3H3. The first-order valence-corrected chi connectivity index (χ1v) is 7.42. The molecule has 1 aromatic rings. The first kappa shape index (κ1) is 15.1. The van der Waals surface area contributed by atoms with E-state index in [2.05, 4.69) is 24.0 Å². The first-order chi connectivity index (χ1) is 9.69. The molecule has 0 aromatic heterocycles. The van der Waals surface area contributed by atoms with Crippen molar-refractivity contribution in [3.05, 3.63) is 23.8 Å². The molecule has 0 radical (unpaired) electrons. The summed E-state index contributed by atoms with van der Waals surface area (Å²) in [6.07, 6.45) is 3.40. The largest absolute Gasteiger partial charge is 0.497 e. The third-order valence-corrected chi connectivity index (χ3v) is 4.01. The van der Waals surface area contributed by atoms with E-state index in [9.17, 15) is 0 Å². The number of rotatable bonds is 5. The highest BCUT2D eigenvalue weighted by atomic mass is 16.5. The molecular weight excluding hydrogens is 252 g/mol. The molecule has 2 atom stereocenters. The Bertz CT molecular complexity index is 412. The van der Waals surface area contributed by atoms with E-state index in [1.165, 1.54) is 12.0 Å². The van der Waals surface area contributed by atoms with E-state index < -0.39 is 0 Å². The maximum Gasteiger partial charge on any atom is 0.122 e. The monoisotopic (exact) mass is 278 g/mol. The van der Waals surface area contributed by atoms with E-state index >= 15 is 0 Å². The number of nitrogens with two attached hydrogens (primary N) is 1. The summed E-state index contributed by atoms with van der Waals surface area (Å²) in [5.74, 6) is 1.65. The van der Waals surface area contributed by atoms with Crippen LogP contribution in [0.3, 0.4) is 0 Å². The van der Waals surface area contributed by atoms with Gasteiger partial charge in [-0.05, 0) is 50.0 Å². The van der Waals surface area contributed by atoms with Crippen LogP contribution in [0.25, 0.3) is 0 Å². The Morgan fingerprint density at radius 2 is 1.85 bits per heavy atom. The lowest BCUT2D eigenvalue weighted by Crippen LogP contribution is -2.46. The van der Waals surface area contributed by atoms with E-state index in [0.29, 0.717) is 0 Å². The van der Waals surface area contributed by atoms with Gasteiger partial charge in [-0.2, -0.15) is 0 Å². The molecule has 0 aliphatic carbocycles. The zero-order chi connectivity index (χ0) is 14.5. The summed E-state index contributed by atoms with van der Waals surface area (Å²) in [7, 11) is 3.37. The fourth-order valence-electron chi connectivity index (χ4n) is 3.09. The molecule has 1 aromatic carbocycles. The zero-order valence-corrected chi connectivity index (χ0v) is 12.8. The van der Waals surface area contributed by atoms with Crippen molar-refractivity contribution in [3.8, 4) is 11.5 Å². The quantitative estimate of drug-likeness (QED) is 0.899. The Labute approximate surface area is 121 Å². The highest BCUT2D eigenvalue weighted by Crippen LogP contribution is 2.34. The molecule has 1 saturated heterocycles. The van der Waals surface area contributed by atoms with Crippen molar-refractivity contribution in [3.63, 3.8) is 0 Å². The number of benzene rings is 1. The van der Waals surface area contributed by atoms with Crippen LogP contribution in [0.15, 0.2) is 18.2 Å². The summed E-state index contributed by atoms with van der Waals surface area (Å²) in [5.41, 5.74) is 7.59. The molecule has 2 unspecified atom stereocenters. The lowest BCUT2D eigenvalue weighted by atomic mass is 9.90. The minimum Gasteiger partial charge on any atom is -0.497 e. The van der Waals surface area contributed by atoms with Crippen molar-refractivity contribution in [1.82, 2.24) is 4.90 Å². The molecule has 20 heavy (non-hydrogen) atoms. The Kier molecular flexibility index (Phi) is 5.26. The van der Waals surface area contributed by atoms with E-state index in [4.69, 9.17) is 15.2 Å². The van der Waals surface area contributed by atoms with E-state index in [1.807, 2.05) is 6.07 Å². The fourth-order valence-corrected chi connectivity index (χ4v) is 3.09. The number of likely N-dealkylation sites (tertiary alicyclic amines) is 1. The molecule has 1 aliphatic rings. The van der Waals surface area contributed by atoms with Crippen LogP contribution in [0, 0.1) is 0 Å². The molecule has 4 heteroatoms. The third-order valence-electron chi connectivity index (χ3n) is 4.01. The molecule has 0 amide bonds. The second-order valence-electron chi connectivity index (χ2n) is 5.43. The number of piperidine rings is 1. The van der Waals surface area contributed by atoms with Gasteiger partial charge in [-0.3, -0.25) is 4.90 Å². The average Bonchev–Trinajstić information content (AvgIpc) is 2.47. The van der Waals surface area contributed by atoms with Crippen molar-refractivity contribution >= 4 is 0 Å². The van der Waals surface area contributed by atoms with E-state index in [1.54, 1.807) is 14.2 Å². The van der Waals surface area contributed by atoms with Gasteiger partial charge in [-0.25, -0.2) is 0 Å². The molecule has 2 rings (SSSR count). The highest BCUT2D eigenvalue weighted by Gasteiger charge is 2.30. The number of hydrogen-bond donors (Lipinski definition) is 1. The van der Waals surface area contributed by atoms with Crippen LogP contribution in [0.2, 0.25) is 0 Å². The summed E-state index contributed by atoms with van der Waals surface area (Å²) in [5, 5.41) is 0. The second-order valence-corrected chi connectivity index (χ2v) is 5.43. The Morgan fingerprint density at radius 1 is 1.20 bits per heavy atom. The summed E-state index contributed by atoms with van der Waals surface area (Å²) >= 11 is 0. The minimum atomic E-state index is 0.173. The van der Waals surface area contributed by atoms with Gasteiger partial charge in [0.15, 0.2) is 0 Å². The summed E-state index contributed by atoms with van der Waals surface area (Å²) < 4.78 is 10.8. The number of methoxy groups -OCH3 is 2. The SMILES string of the molecule is CCCN1CCCC(N)C1c1cc(OC)cc(OC)c1. The molecule has 1 aliphatic heterocycles. The molecule has 1 fully saturated rings. The third kappa shape index (κ3) is 3.25. The van der Waals surface area contributed by atoms with E-state index in [0.717, 1.165) is 37.4 Å². The predicted octanol–water partition coefficient (Wildman–Crippen LogP) is 2.58. The lowest BCUT2D eigenvalue weighted by Gasteiger charge is -2.40. The van der Waals surface area contributed by atoms with Gasteiger partial charge in [0.25, 0.3) is 0 Å². The fraction of sp³-hybridized carbons (Fsp3) is 0.625. The smallest absolute Gasteiger partial charge is 0.122 e. The highest BCUT2D eigenvalue weighted by molar-refractivity contribution is 5.40. The van der Waals surface area contributed by atoms with Crippen molar-refractivity contribution < 1.29 is 9.47 Å². The van der Waals surface area contributed by atoms with Crippen LogP contribution in [-0.4, -0.2) is 38.3 Å². The van der Waals surface area contributed by atoms with Gasteiger partial charge in [-0.15, -0.1) is 0 Å². The van der Waals surface area contributed by atoms with Gasteiger partial charge in [-0.1, -0.05) is 6.92 Å². The Morgan fingerprint density at radius 3 is 2.40 bits per heavy atom. The molecule has 4 nitrogen and oxygen atoms in total. The van der Waals surface area contributed by atoms with Crippen LogP contribution in [0.4, 0.5) is 0 Å². The Balaban J connectivity index is 2.34. The van der Waals surface area contributed by atoms with Crippen LogP contribution in [-0.2, 0) is 0 Å². The molecule has 112 valence electrons. The van der Waals surface area contributed by atoms with Crippen molar-refractivity contribution in [2.75, 3.05) is 27.3 Å². The van der Waals surface area contributed by atoms with Crippen LogP contribution < -0.4 is 15.2 Å². The van der Waals surface area contributed by atoms with Gasteiger partial charge >= 0.3 is 0 Å². The van der Waals surface area contributed by atoms with Crippen LogP contribution in [0.1, 0.15) is 37.8 Å². The molecule has 0 bridgehead atoms. The molecule has 2 N–H and O–H groups in total. The first-order valence-electron chi connectivity index (χ1n) is 7.42. The molecule has 0 spiro atoms. The van der Waals surface area contributed by atoms with Gasteiger partial charge < -0.3 is 15.2 Å². The Hall–Kier alpha value is -1.26. The predicted molar refractivity (Wildman–Crippen MR) is 81.4 cm³/mol. The zero-order valence-electron chi connectivity index (χ0n) is 12.8. The lowest BCUT2D eigenvalue weighted by molar-refractivity contribution is 0.128. The van der Waals surface area contributed by atoms with Crippen molar-refractivity contribution in [2.45, 2.75) is 38.3 Å². The van der Waals surface area contributed by atoms with Gasteiger partial charge in [0.2, 0.25) is 0 Å². The van der Waals surface area contributed by atoms with Crippen LogP contribution >= 0.6 is 0 Å².